The van der Waals surface area contributed by atoms with Crippen molar-refractivity contribution in [2.24, 2.45) is 11.8 Å². The second kappa shape index (κ2) is 14.5. The van der Waals surface area contributed by atoms with Gasteiger partial charge < -0.3 is 38.6 Å². The highest BCUT2D eigenvalue weighted by Gasteiger charge is 2.39. The van der Waals surface area contributed by atoms with E-state index in [1.165, 1.54) is 0 Å². The van der Waals surface area contributed by atoms with Crippen molar-refractivity contribution in [3.8, 4) is 11.5 Å². The van der Waals surface area contributed by atoms with Gasteiger partial charge in [-0.1, -0.05) is 5.16 Å². The minimum atomic E-state index is -0.327. The lowest BCUT2D eigenvalue weighted by atomic mass is 9.94. The third-order valence-corrected chi connectivity index (χ3v) is 7.63. The number of methoxy groups -OCH3 is 2. The lowest BCUT2D eigenvalue weighted by molar-refractivity contribution is 0.0625. The first-order valence-electron chi connectivity index (χ1n) is 14.5. The Labute approximate surface area is 242 Å². The number of hydrogen-bond acceptors (Lipinski definition) is 9. The molecule has 0 bridgehead atoms. The number of aromatic nitrogens is 1. The van der Waals surface area contributed by atoms with Gasteiger partial charge in [-0.05, 0) is 63.6 Å². The number of hydrogen-bond donors (Lipinski definition) is 1. The van der Waals surface area contributed by atoms with Crippen LogP contribution in [0, 0.1) is 18.8 Å². The van der Waals surface area contributed by atoms with Gasteiger partial charge >= 0.3 is 6.09 Å². The molecular formula is C30H44N4O7. The van der Waals surface area contributed by atoms with Crippen molar-refractivity contribution in [2.45, 2.75) is 58.7 Å². The molecule has 1 aliphatic carbocycles. The van der Waals surface area contributed by atoms with Crippen LogP contribution in [-0.4, -0.2) is 92.7 Å². The molecule has 0 spiro atoms. The predicted molar refractivity (Wildman–Crippen MR) is 152 cm³/mol. The molecule has 0 unspecified atom stereocenters. The smallest absolute Gasteiger partial charge is 0.410 e. The fourth-order valence-electron chi connectivity index (χ4n) is 5.19. The SMILES string of the molecule is COCCCOc1cc(C(=O)N(C[C@@H]2CNC[C@H]2CN(C(=O)OCc2cc(C)on2)C2CC2)C(C)C)ccc1OC. The second-order valence-electron chi connectivity index (χ2n) is 11.2. The Morgan fingerprint density at radius 2 is 1.83 bits per heavy atom. The average molecular weight is 573 g/mol. The van der Waals surface area contributed by atoms with Gasteiger partial charge in [0, 0.05) is 70.0 Å². The van der Waals surface area contributed by atoms with Crippen LogP contribution in [0.5, 0.6) is 11.5 Å². The number of rotatable bonds is 15. The first-order valence-corrected chi connectivity index (χ1v) is 14.5. The van der Waals surface area contributed by atoms with Gasteiger partial charge in [-0.25, -0.2) is 4.79 Å². The van der Waals surface area contributed by atoms with Gasteiger partial charge in [0.15, 0.2) is 11.5 Å². The zero-order valence-corrected chi connectivity index (χ0v) is 24.9. The molecule has 1 aromatic carbocycles. The summed E-state index contributed by atoms with van der Waals surface area (Å²) < 4.78 is 27.1. The summed E-state index contributed by atoms with van der Waals surface area (Å²) in [7, 11) is 3.24. The Balaban J connectivity index is 1.40. The molecule has 2 amide bonds. The Bertz CT molecular complexity index is 1150. The summed E-state index contributed by atoms with van der Waals surface area (Å²) >= 11 is 0. The zero-order chi connectivity index (χ0) is 29.4. The maximum atomic E-state index is 13.8. The molecule has 41 heavy (non-hydrogen) atoms. The molecule has 11 nitrogen and oxygen atoms in total. The van der Waals surface area contributed by atoms with Crippen molar-refractivity contribution >= 4 is 12.0 Å². The van der Waals surface area contributed by atoms with Gasteiger partial charge in [0.05, 0.1) is 13.7 Å². The van der Waals surface area contributed by atoms with E-state index in [1.807, 2.05) is 23.6 Å². The lowest BCUT2D eigenvalue weighted by Gasteiger charge is -2.33. The molecule has 1 saturated heterocycles. The van der Waals surface area contributed by atoms with E-state index in [4.69, 9.17) is 23.5 Å². The predicted octanol–water partition coefficient (Wildman–Crippen LogP) is 3.89. The number of carbonyl (C=O) groups excluding carboxylic acids is 2. The van der Waals surface area contributed by atoms with Gasteiger partial charge in [-0.15, -0.1) is 0 Å². The van der Waals surface area contributed by atoms with Gasteiger partial charge in [-0.3, -0.25) is 4.79 Å². The van der Waals surface area contributed by atoms with Crippen molar-refractivity contribution < 1.29 is 33.1 Å². The third kappa shape index (κ3) is 8.36. The molecule has 2 heterocycles. The Kier molecular flexibility index (Phi) is 10.9. The number of nitrogens with one attached hydrogen (secondary N) is 1. The molecule has 1 saturated carbocycles. The maximum Gasteiger partial charge on any atom is 0.410 e. The Hall–Kier alpha value is -3.31. The van der Waals surface area contributed by atoms with E-state index in [0.717, 1.165) is 32.4 Å². The van der Waals surface area contributed by atoms with Crippen LogP contribution in [0.4, 0.5) is 4.79 Å². The molecule has 2 atom stereocenters. The standard InChI is InChI=1S/C30H44N4O7/c1-20(2)33(29(35)22-7-10-27(38-5)28(14-22)39-12-6-11-37-4)17-23-15-31-16-24(23)18-34(26-8-9-26)30(36)40-19-25-13-21(3)41-32-25/h7,10,13-14,20,23-24,26,31H,6,8-9,11-12,15-19H2,1-5H3/t23-,24-/m0/s1. The second-order valence-corrected chi connectivity index (χ2v) is 11.2. The molecule has 1 aromatic heterocycles. The first-order chi connectivity index (χ1) is 19.8. The van der Waals surface area contributed by atoms with Crippen LogP contribution in [0.15, 0.2) is 28.8 Å². The minimum Gasteiger partial charge on any atom is -0.493 e. The summed E-state index contributed by atoms with van der Waals surface area (Å²) in [4.78, 5) is 30.6. The summed E-state index contributed by atoms with van der Waals surface area (Å²) in [6, 6.07) is 7.28. The summed E-state index contributed by atoms with van der Waals surface area (Å²) in [5.41, 5.74) is 1.15. The van der Waals surface area contributed by atoms with Crippen molar-refractivity contribution in [1.29, 1.82) is 0 Å². The van der Waals surface area contributed by atoms with Gasteiger partial charge in [0.1, 0.15) is 18.1 Å². The molecule has 2 aliphatic rings. The number of ether oxygens (including phenoxy) is 4. The lowest BCUT2D eigenvalue weighted by Crippen LogP contribution is -2.45. The summed E-state index contributed by atoms with van der Waals surface area (Å²) in [5, 5.41) is 7.39. The average Bonchev–Trinajstić information content (AvgIpc) is 3.57. The number of benzene rings is 1. The number of nitrogens with zero attached hydrogens (tertiary/aromatic N) is 3. The van der Waals surface area contributed by atoms with E-state index in [1.54, 1.807) is 45.4 Å². The molecule has 1 N–H and O–H groups in total. The molecule has 226 valence electrons. The molecule has 11 heteroatoms. The van der Waals surface area contributed by atoms with E-state index in [-0.39, 0.29) is 42.5 Å². The number of aryl methyl sites for hydroxylation is 1. The topological polar surface area (TPSA) is 116 Å². The number of carbonyl (C=O) groups is 2. The summed E-state index contributed by atoms with van der Waals surface area (Å²) in [6.45, 7) is 9.73. The molecule has 2 aromatic rings. The molecule has 4 rings (SSSR count). The Morgan fingerprint density at radius 3 is 2.46 bits per heavy atom. The summed E-state index contributed by atoms with van der Waals surface area (Å²) in [5.74, 6) is 2.13. The minimum absolute atomic E-state index is 0.00709. The number of amides is 2. The molecule has 2 fully saturated rings. The zero-order valence-electron chi connectivity index (χ0n) is 24.9. The van der Waals surface area contributed by atoms with Crippen molar-refractivity contribution in [1.82, 2.24) is 20.3 Å². The van der Waals surface area contributed by atoms with E-state index in [2.05, 4.69) is 10.5 Å². The van der Waals surface area contributed by atoms with Crippen LogP contribution in [0.1, 0.15) is 54.9 Å². The fourth-order valence-corrected chi connectivity index (χ4v) is 5.19. The van der Waals surface area contributed by atoms with Gasteiger partial charge in [-0.2, -0.15) is 0 Å². The molecule has 1 aliphatic heterocycles. The van der Waals surface area contributed by atoms with Crippen LogP contribution in [0.25, 0.3) is 0 Å². The van der Waals surface area contributed by atoms with Crippen LogP contribution in [0.2, 0.25) is 0 Å². The van der Waals surface area contributed by atoms with Crippen molar-refractivity contribution in [3.63, 3.8) is 0 Å². The van der Waals surface area contributed by atoms with Gasteiger partial charge in [0.2, 0.25) is 0 Å². The van der Waals surface area contributed by atoms with Crippen LogP contribution < -0.4 is 14.8 Å². The van der Waals surface area contributed by atoms with E-state index < -0.39 is 0 Å². The van der Waals surface area contributed by atoms with E-state index in [0.29, 0.717) is 54.8 Å². The van der Waals surface area contributed by atoms with Crippen molar-refractivity contribution in [3.05, 3.63) is 41.3 Å². The Morgan fingerprint density at radius 1 is 1.07 bits per heavy atom. The molecular weight excluding hydrogens is 528 g/mol. The van der Waals surface area contributed by atoms with Crippen LogP contribution >= 0.6 is 0 Å². The fraction of sp³-hybridized carbons (Fsp3) is 0.633. The normalized spacial score (nSPS) is 18.4. The molecule has 0 radical (unpaired) electrons. The maximum absolute atomic E-state index is 13.8. The highest BCUT2D eigenvalue weighted by Crippen LogP contribution is 2.32. The van der Waals surface area contributed by atoms with Crippen LogP contribution in [-0.2, 0) is 16.1 Å². The monoisotopic (exact) mass is 572 g/mol. The van der Waals surface area contributed by atoms with Crippen molar-refractivity contribution in [2.75, 3.05) is 53.6 Å². The third-order valence-electron chi connectivity index (χ3n) is 7.63. The highest BCUT2D eigenvalue weighted by molar-refractivity contribution is 5.95. The van der Waals surface area contributed by atoms with Gasteiger partial charge in [0.25, 0.3) is 5.91 Å². The first kappa shape index (κ1) is 30.6. The highest BCUT2D eigenvalue weighted by atomic mass is 16.6. The largest absolute Gasteiger partial charge is 0.493 e. The van der Waals surface area contributed by atoms with E-state index in [9.17, 15) is 9.59 Å². The van der Waals surface area contributed by atoms with E-state index >= 15 is 0 Å². The summed E-state index contributed by atoms with van der Waals surface area (Å²) in [6.07, 6.45) is 2.36. The quantitative estimate of drug-likeness (QED) is 0.317. The van der Waals surface area contributed by atoms with Crippen LogP contribution in [0.3, 0.4) is 0 Å².